The zero-order valence-corrected chi connectivity index (χ0v) is 27.4. The number of nitrogens with zero attached hydrogens (tertiary/aromatic N) is 2. The lowest BCUT2D eigenvalue weighted by atomic mass is 9.85. The first-order valence-corrected chi connectivity index (χ1v) is 17.0. The van der Waals surface area contributed by atoms with Gasteiger partial charge in [0.05, 0.1) is 0 Å². The highest BCUT2D eigenvalue weighted by molar-refractivity contribution is 6.21. The van der Waals surface area contributed by atoms with E-state index < -0.39 is 0 Å². The summed E-state index contributed by atoms with van der Waals surface area (Å²) in [6.45, 7) is 0. The second kappa shape index (κ2) is 12.8. The standard InChI is InChI=1S/C47H33N3/c1-4-14-32(15-5-1)33-24-26-34(27-25-33)43-39-20-10-12-22-41(39)44(42-23-13-11-21-40(42)43)35-28-30-38(31-29-35)47-49-45(36-16-6-2-7-17-36)48-46(50-47)37-18-8-3-9-19-37/h1-31,45H,(H,48,49,50). The maximum absolute atomic E-state index is 5.09. The van der Waals surface area contributed by atoms with Gasteiger partial charge in [0.1, 0.15) is 12.0 Å². The molecule has 0 radical (unpaired) electrons. The molecule has 0 fully saturated rings. The van der Waals surface area contributed by atoms with Gasteiger partial charge in [-0.3, -0.25) is 0 Å². The van der Waals surface area contributed by atoms with Crippen molar-refractivity contribution in [2.75, 3.05) is 0 Å². The van der Waals surface area contributed by atoms with E-state index in [4.69, 9.17) is 9.98 Å². The Morgan fingerprint density at radius 2 is 0.720 bits per heavy atom. The summed E-state index contributed by atoms with van der Waals surface area (Å²) in [4.78, 5) is 10.1. The molecule has 50 heavy (non-hydrogen) atoms. The van der Waals surface area contributed by atoms with Gasteiger partial charge in [0.15, 0.2) is 5.84 Å². The lowest BCUT2D eigenvalue weighted by molar-refractivity contribution is 0.674. The lowest BCUT2D eigenvalue weighted by Gasteiger charge is -2.23. The zero-order valence-electron chi connectivity index (χ0n) is 27.4. The third-order valence-corrected chi connectivity index (χ3v) is 9.55. The van der Waals surface area contributed by atoms with E-state index in [1.54, 1.807) is 0 Å². The van der Waals surface area contributed by atoms with Gasteiger partial charge in [0.25, 0.3) is 0 Å². The molecule has 1 heterocycles. The number of rotatable bonds is 6. The summed E-state index contributed by atoms with van der Waals surface area (Å²) in [5.74, 6) is 1.53. The largest absolute Gasteiger partial charge is 0.344 e. The molecular formula is C47H33N3. The Hall–Kier alpha value is -6.58. The molecule has 1 aliphatic heterocycles. The minimum Gasteiger partial charge on any atom is -0.344 e. The van der Waals surface area contributed by atoms with Crippen LogP contribution < -0.4 is 5.32 Å². The van der Waals surface area contributed by atoms with Crippen molar-refractivity contribution in [2.45, 2.75) is 6.17 Å². The fraction of sp³-hybridized carbons (Fsp3) is 0.0213. The first-order chi connectivity index (χ1) is 24.8. The van der Waals surface area contributed by atoms with Crippen LogP contribution in [0.15, 0.2) is 198 Å². The average molecular weight is 640 g/mol. The Kier molecular flexibility index (Phi) is 7.56. The topological polar surface area (TPSA) is 36.8 Å². The predicted octanol–water partition coefficient (Wildman–Crippen LogP) is 11.5. The van der Waals surface area contributed by atoms with E-state index in [0.29, 0.717) is 5.84 Å². The summed E-state index contributed by atoms with van der Waals surface area (Å²) in [6, 6.07) is 66.5. The van der Waals surface area contributed by atoms with E-state index in [9.17, 15) is 0 Å². The molecular weight excluding hydrogens is 607 g/mol. The highest BCUT2D eigenvalue weighted by Gasteiger charge is 2.21. The molecule has 1 N–H and O–H groups in total. The summed E-state index contributed by atoms with van der Waals surface area (Å²) in [5.41, 5.74) is 10.4. The molecule has 0 saturated carbocycles. The van der Waals surface area contributed by atoms with E-state index in [1.807, 2.05) is 24.3 Å². The molecule has 0 saturated heterocycles. The lowest BCUT2D eigenvalue weighted by Crippen LogP contribution is -2.33. The Bertz CT molecular complexity index is 2460. The summed E-state index contributed by atoms with van der Waals surface area (Å²) in [6.07, 6.45) is -0.235. The van der Waals surface area contributed by atoms with Gasteiger partial charge in [-0.15, -0.1) is 0 Å². The van der Waals surface area contributed by atoms with Gasteiger partial charge in [0, 0.05) is 11.1 Å². The monoisotopic (exact) mass is 639 g/mol. The van der Waals surface area contributed by atoms with Crippen LogP contribution in [0.25, 0.3) is 54.9 Å². The number of benzene rings is 8. The molecule has 0 amide bonds. The predicted molar refractivity (Wildman–Crippen MR) is 210 cm³/mol. The molecule has 1 unspecified atom stereocenters. The maximum Gasteiger partial charge on any atom is 0.159 e. The Labute approximate surface area is 292 Å². The highest BCUT2D eigenvalue weighted by Crippen LogP contribution is 2.44. The summed E-state index contributed by atoms with van der Waals surface area (Å²) in [7, 11) is 0. The summed E-state index contributed by atoms with van der Waals surface area (Å²) >= 11 is 0. The van der Waals surface area contributed by atoms with Crippen molar-refractivity contribution in [1.29, 1.82) is 0 Å². The number of hydrogen-bond acceptors (Lipinski definition) is 3. The Balaban J connectivity index is 1.15. The molecule has 0 spiro atoms. The van der Waals surface area contributed by atoms with Crippen molar-refractivity contribution in [2.24, 2.45) is 9.98 Å². The van der Waals surface area contributed by atoms with E-state index in [1.165, 1.54) is 49.4 Å². The van der Waals surface area contributed by atoms with Gasteiger partial charge in [-0.05, 0) is 60.5 Å². The Morgan fingerprint density at radius 1 is 0.340 bits per heavy atom. The van der Waals surface area contributed by atoms with Crippen LogP contribution in [0.5, 0.6) is 0 Å². The van der Waals surface area contributed by atoms with Gasteiger partial charge in [0.2, 0.25) is 0 Å². The van der Waals surface area contributed by atoms with Crippen LogP contribution >= 0.6 is 0 Å². The van der Waals surface area contributed by atoms with Crippen LogP contribution in [0.2, 0.25) is 0 Å². The molecule has 1 aliphatic rings. The number of aliphatic imine (C=N–C) groups is 2. The van der Waals surface area contributed by atoms with Gasteiger partial charge in [-0.2, -0.15) is 0 Å². The van der Waals surface area contributed by atoms with Crippen molar-refractivity contribution >= 4 is 33.2 Å². The third kappa shape index (κ3) is 5.45. The van der Waals surface area contributed by atoms with Crippen LogP contribution in [0, 0.1) is 0 Å². The van der Waals surface area contributed by atoms with Gasteiger partial charge >= 0.3 is 0 Å². The first-order valence-electron chi connectivity index (χ1n) is 17.0. The zero-order chi connectivity index (χ0) is 33.3. The number of nitrogens with one attached hydrogen (secondary N) is 1. The molecule has 3 heteroatoms. The number of hydrogen-bond donors (Lipinski definition) is 1. The minimum atomic E-state index is -0.235. The fourth-order valence-electron chi connectivity index (χ4n) is 7.12. The van der Waals surface area contributed by atoms with Gasteiger partial charge < -0.3 is 5.32 Å². The van der Waals surface area contributed by atoms with Crippen molar-refractivity contribution in [1.82, 2.24) is 5.32 Å². The van der Waals surface area contributed by atoms with E-state index in [2.05, 4.69) is 169 Å². The van der Waals surface area contributed by atoms with E-state index in [-0.39, 0.29) is 6.17 Å². The highest BCUT2D eigenvalue weighted by atomic mass is 15.2. The smallest absolute Gasteiger partial charge is 0.159 e. The van der Waals surface area contributed by atoms with Gasteiger partial charge in [-0.1, -0.05) is 188 Å². The average Bonchev–Trinajstić information content (AvgIpc) is 3.21. The van der Waals surface area contributed by atoms with Crippen LogP contribution in [-0.4, -0.2) is 11.7 Å². The van der Waals surface area contributed by atoms with Crippen LogP contribution in [-0.2, 0) is 0 Å². The summed E-state index contributed by atoms with van der Waals surface area (Å²) in [5, 5.41) is 8.49. The minimum absolute atomic E-state index is 0.235. The quantitative estimate of drug-likeness (QED) is 0.181. The SMILES string of the molecule is c1ccc(C2=NC(c3ccc(-c4c5ccccc5c(-c5ccc(-c6ccccc6)cc5)c5ccccc45)cc3)=NC(c3ccccc3)N2)cc1. The van der Waals surface area contributed by atoms with Gasteiger partial charge in [-0.25, -0.2) is 9.98 Å². The molecule has 1 atom stereocenters. The van der Waals surface area contributed by atoms with Crippen LogP contribution in [0.4, 0.5) is 0 Å². The normalized spacial score (nSPS) is 14.2. The maximum atomic E-state index is 5.09. The molecule has 3 nitrogen and oxygen atoms in total. The van der Waals surface area contributed by atoms with Crippen molar-refractivity contribution in [3.63, 3.8) is 0 Å². The number of fused-ring (bicyclic) bond motifs is 2. The molecule has 236 valence electrons. The molecule has 8 aromatic rings. The second-order valence-electron chi connectivity index (χ2n) is 12.6. The molecule has 0 aliphatic carbocycles. The van der Waals surface area contributed by atoms with Crippen molar-refractivity contribution in [3.8, 4) is 33.4 Å². The fourth-order valence-corrected chi connectivity index (χ4v) is 7.12. The number of amidine groups is 2. The van der Waals surface area contributed by atoms with Crippen LogP contribution in [0.1, 0.15) is 22.9 Å². The van der Waals surface area contributed by atoms with E-state index in [0.717, 1.165) is 28.1 Å². The first kappa shape index (κ1) is 29.6. The molecule has 9 rings (SSSR count). The van der Waals surface area contributed by atoms with Crippen molar-refractivity contribution in [3.05, 3.63) is 205 Å². The third-order valence-electron chi connectivity index (χ3n) is 9.55. The molecule has 0 bridgehead atoms. The summed E-state index contributed by atoms with van der Waals surface area (Å²) < 4.78 is 0. The second-order valence-corrected chi connectivity index (χ2v) is 12.6. The van der Waals surface area contributed by atoms with E-state index >= 15 is 0 Å². The molecule has 8 aromatic carbocycles. The molecule has 0 aromatic heterocycles. The Morgan fingerprint density at radius 3 is 1.22 bits per heavy atom. The van der Waals surface area contributed by atoms with Crippen molar-refractivity contribution < 1.29 is 0 Å². The van der Waals surface area contributed by atoms with Crippen LogP contribution in [0.3, 0.4) is 0 Å².